The molecule has 0 amide bonds. The Labute approximate surface area is 184 Å². The van der Waals surface area contributed by atoms with E-state index in [1.165, 1.54) is 18.2 Å². The Kier molecular flexibility index (Phi) is 4.92. The topological polar surface area (TPSA) is 120 Å². The summed E-state index contributed by atoms with van der Waals surface area (Å²) >= 11 is 0. The van der Waals surface area contributed by atoms with Gasteiger partial charge in [0.2, 0.25) is 11.2 Å². The zero-order chi connectivity index (χ0) is 23.4. The summed E-state index contributed by atoms with van der Waals surface area (Å²) in [7, 11) is 0. The highest BCUT2D eigenvalue weighted by atomic mass is 16.5. The summed E-state index contributed by atoms with van der Waals surface area (Å²) in [6.45, 7) is 7.59. The minimum Gasteiger partial charge on any atom is -0.507 e. The van der Waals surface area contributed by atoms with Gasteiger partial charge in [0.25, 0.3) is 0 Å². The number of phenols is 3. The van der Waals surface area contributed by atoms with Crippen LogP contribution in [0.4, 0.5) is 0 Å². The van der Waals surface area contributed by atoms with Gasteiger partial charge in [0.1, 0.15) is 22.5 Å². The van der Waals surface area contributed by atoms with Crippen LogP contribution in [0, 0.1) is 0 Å². The van der Waals surface area contributed by atoms with Crippen molar-refractivity contribution in [3.8, 4) is 40.1 Å². The van der Waals surface area contributed by atoms with E-state index < -0.39 is 22.5 Å². The maximum Gasteiger partial charge on any atom is 0.238 e. The molecular weight excluding hydrogens is 412 g/mol. The van der Waals surface area contributed by atoms with Gasteiger partial charge in [0.15, 0.2) is 22.8 Å². The quantitative estimate of drug-likeness (QED) is 0.338. The fourth-order valence-electron chi connectivity index (χ4n) is 3.66. The van der Waals surface area contributed by atoms with Gasteiger partial charge >= 0.3 is 0 Å². The third-order valence-electron chi connectivity index (χ3n) is 5.34. The lowest BCUT2D eigenvalue weighted by molar-refractivity contribution is 0.157. The summed E-state index contributed by atoms with van der Waals surface area (Å²) in [6.07, 6.45) is 5.81. The van der Waals surface area contributed by atoms with Gasteiger partial charge in [0, 0.05) is 11.1 Å². The van der Waals surface area contributed by atoms with Crippen LogP contribution < -0.4 is 10.2 Å². The molecule has 0 unspecified atom stereocenters. The van der Waals surface area contributed by atoms with Crippen LogP contribution in [-0.4, -0.2) is 26.0 Å². The van der Waals surface area contributed by atoms with Crippen molar-refractivity contribution < 1.29 is 29.6 Å². The molecule has 4 N–H and O–H groups in total. The number of rotatable bonds is 3. The average Bonchev–Trinajstić information content (AvgIpc) is 2.71. The molecule has 0 atom stereocenters. The molecule has 32 heavy (non-hydrogen) atoms. The van der Waals surface area contributed by atoms with Gasteiger partial charge in [0.05, 0.1) is 5.56 Å². The van der Waals surface area contributed by atoms with Gasteiger partial charge in [-0.15, -0.1) is 0 Å². The summed E-state index contributed by atoms with van der Waals surface area (Å²) in [4.78, 5) is 13.1. The molecule has 2 aromatic carbocycles. The van der Waals surface area contributed by atoms with Crippen molar-refractivity contribution in [1.29, 1.82) is 0 Å². The van der Waals surface area contributed by atoms with E-state index in [0.717, 1.165) is 5.57 Å². The van der Waals surface area contributed by atoms with E-state index >= 15 is 0 Å². The highest BCUT2D eigenvalue weighted by Crippen LogP contribution is 2.46. The first-order chi connectivity index (χ1) is 15.0. The number of phenolic OH excluding ortho intramolecular Hbond substituents is 3. The molecule has 0 radical (unpaired) electrons. The molecule has 0 fully saturated rings. The molecule has 1 aliphatic heterocycles. The van der Waals surface area contributed by atoms with Crippen molar-refractivity contribution in [2.24, 2.45) is 0 Å². The number of hydrogen-bond acceptors (Lipinski definition) is 7. The Morgan fingerprint density at radius 1 is 1.06 bits per heavy atom. The summed E-state index contributed by atoms with van der Waals surface area (Å²) in [5.41, 5.74) is 0.695. The standard InChI is InChI=1S/C25H24O7/c1-12(2)5-7-14-19(28)18-20(29)21(30)22(13-6-8-16(26)17(27)11-13)31-24(18)15-9-10-25(3,4)32-23(14)15/h5-6,8-11,26-28,30H,7H2,1-4H3. The molecular formula is C25H24O7. The van der Waals surface area contributed by atoms with E-state index in [0.29, 0.717) is 23.3 Å². The van der Waals surface area contributed by atoms with Crippen molar-refractivity contribution in [3.63, 3.8) is 0 Å². The second-order valence-corrected chi connectivity index (χ2v) is 8.61. The van der Waals surface area contributed by atoms with Crippen LogP contribution in [0.5, 0.6) is 28.7 Å². The van der Waals surface area contributed by atoms with E-state index in [1.807, 2.05) is 39.8 Å². The van der Waals surface area contributed by atoms with Crippen molar-refractivity contribution in [3.05, 3.63) is 57.3 Å². The zero-order valence-electron chi connectivity index (χ0n) is 18.2. The second kappa shape index (κ2) is 7.37. The monoisotopic (exact) mass is 436 g/mol. The van der Waals surface area contributed by atoms with E-state index in [9.17, 15) is 25.2 Å². The fraction of sp³-hybridized carbons (Fsp3) is 0.240. The third kappa shape index (κ3) is 3.45. The molecule has 2 heterocycles. The van der Waals surface area contributed by atoms with Gasteiger partial charge in [-0.3, -0.25) is 4.79 Å². The molecule has 0 saturated heterocycles. The lowest BCUT2D eigenvalue weighted by atomic mass is 9.94. The molecule has 0 spiro atoms. The van der Waals surface area contributed by atoms with Crippen molar-refractivity contribution in [1.82, 2.24) is 0 Å². The minimum atomic E-state index is -0.814. The molecule has 4 rings (SSSR count). The molecule has 1 aliphatic rings. The summed E-state index contributed by atoms with van der Waals surface area (Å²) in [5.74, 6) is -1.62. The Morgan fingerprint density at radius 2 is 1.78 bits per heavy atom. The van der Waals surface area contributed by atoms with Crippen LogP contribution in [0.15, 0.2) is 45.1 Å². The van der Waals surface area contributed by atoms with Gasteiger partial charge < -0.3 is 29.6 Å². The molecule has 1 aromatic heterocycles. The van der Waals surface area contributed by atoms with E-state index in [2.05, 4.69) is 0 Å². The number of allylic oxidation sites excluding steroid dienone is 2. The van der Waals surface area contributed by atoms with Gasteiger partial charge in [-0.1, -0.05) is 11.6 Å². The maximum absolute atomic E-state index is 13.1. The van der Waals surface area contributed by atoms with Crippen molar-refractivity contribution >= 4 is 17.0 Å². The normalized spacial score (nSPS) is 14.1. The first-order valence-electron chi connectivity index (χ1n) is 10.1. The van der Waals surface area contributed by atoms with Gasteiger partial charge in [-0.05, 0) is 64.5 Å². The predicted octanol–water partition coefficient (Wildman–Crippen LogP) is 4.98. The van der Waals surface area contributed by atoms with Crippen LogP contribution in [0.1, 0.15) is 38.8 Å². The van der Waals surface area contributed by atoms with Crippen LogP contribution in [0.25, 0.3) is 28.4 Å². The van der Waals surface area contributed by atoms with Gasteiger partial charge in [-0.25, -0.2) is 0 Å². The Balaban J connectivity index is 2.10. The maximum atomic E-state index is 13.1. The van der Waals surface area contributed by atoms with Crippen LogP contribution in [-0.2, 0) is 6.42 Å². The molecule has 7 heteroatoms. The predicted molar refractivity (Wildman–Crippen MR) is 121 cm³/mol. The number of hydrogen-bond donors (Lipinski definition) is 4. The van der Waals surface area contributed by atoms with Crippen molar-refractivity contribution in [2.75, 3.05) is 0 Å². The third-order valence-corrected chi connectivity index (χ3v) is 5.34. The number of benzene rings is 2. The highest BCUT2D eigenvalue weighted by molar-refractivity contribution is 5.97. The molecule has 0 bridgehead atoms. The molecule has 3 aromatic rings. The first-order valence-corrected chi connectivity index (χ1v) is 10.1. The number of aromatic hydroxyl groups is 4. The second-order valence-electron chi connectivity index (χ2n) is 8.61. The first kappa shape index (κ1) is 21.4. The summed E-state index contributed by atoms with van der Waals surface area (Å²) in [6, 6.07) is 3.78. The highest BCUT2D eigenvalue weighted by Gasteiger charge is 2.31. The van der Waals surface area contributed by atoms with Crippen LogP contribution in [0.3, 0.4) is 0 Å². The Hall–Kier alpha value is -3.87. The summed E-state index contributed by atoms with van der Waals surface area (Å²) in [5, 5.41) is 40.9. The number of fused-ring (bicyclic) bond motifs is 3. The lowest BCUT2D eigenvalue weighted by Gasteiger charge is -2.30. The van der Waals surface area contributed by atoms with E-state index in [-0.39, 0.29) is 33.8 Å². The average molecular weight is 436 g/mol. The Bertz CT molecular complexity index is 1370. The SMILES string of the molecule is CC(C)=CCc1c2c(c3oc(-c4ccc(O)c(O)c4)c(O)c(=O)c3c1O)C=CC(C)(C)O2. The van der Waals surface area contributed by atoms with E-state index in [4.69, 9.17) is 9.15 Å². The Morgan fingerprint density at radius 3 is 2.44 bits per heavy atom. The summed E-state index contributed by atoms with van der Waals surface area (Å²) < 4.78 is 12.1. The largest absolute Gasteiger partial charge is 0.507 e. The zero-order valence-corrected chi connectivity index (χ0v) is 18.2. The minimum absolute atomic E-state index is 0.0514. The van der Waals surface area contributed by atoms with Gasteiger partial charge in [-0.2, -0.15) is 0 Å². The molecule has 166 valence electrons. The molecule has 0 aliphatic carbocycles. The van der Waals surface area contributed by atoms with Crippen molar-refractivity contribution in [2.45, 2.75) is 39.7 Å². The van der Waals surface area contributed by atoms with Crippen LogP contribution in [0.2, 0.25) is 0 Å². The van der Waals surface area contributed by atoms with Crippen LogP contribution >= 0.6 is 0 Å². The lowest BCUT2D eigenvalue weighted by Crippen LogP contribution is -2.28. The fourth-order valence-corrected chi connectivity index (χ4v) is 3.66. The van der Waals surface area contributed by atoms with E-state index in [1.54, 1.807) is 6.08 Å². The molecule has 0 saturated carbocycles. The number of ether oxygens (including phenoxy) is 1. The molecule has 7 nitrogen and oxygen atoms in total. The smallest absolute Gasteiger partial charge is 0.238 e.